The van der Waals surface area contributed by atoms with Crippen molar-refractivity contribution >= 4 is 9.84 Å². The molecule has 0 bridgehead atoms. The molecule has 0 aromatic heterocycles. The van der Waals surface area contributed by atoms with Gasteiger partial charge in [0.15, 0.2) is 9.84 Å². The number of sulfone groups is 1. The van der Waals surface area contributed by atoms with Crippen molar-refractivity contribution in [3.05, 3.63) is 43.0 Å². The van der Waals surface area contributed by atoms with Gasteiger partial charge < -0.3 is 0 Å². The topological polar surface area (TPSA) is 34.1 Å². The van der Waals surface area contributed by atoms with E-state index >= 15 is 0 Å². The van der Waals surface area contributed by atoms with Crippen LogP contribution in [0.15, 0.2) is 47.9 Å². The number of rotatable bonds is 6. The molecule has 0 amide bonds. The maximum absolute atomic E-state index is 12.2. The van der Waals surface area contributed by atoms with E-state index in [0.717, 1.165) is 12.8 Å². The first-order valence-corrected chi connectivity index (χ1v) is 7.09. The molecule has 0 aliphatic rings. The van der Waals surface area contributed by atoms with Crippen LogP contribution in [0, 0.1) is 0 Å². The highest BCUT2D eigenvalue weighted by Crippen LogP contribution is 2.20. The van der Waals surface area contributed by atoms with Crippen LogP contribution in [0.1, 0.15) is 26.2 Å². The second-order valence-corrected chi connectivity index (χ2v) is 5.94. The summed E-state index contributed by atoms with van der Waals surface area (Å²) in [5.41, 5.74) is 0. The van der Waals surface area contributed by atoms with E-state index in [1.165, 1.54) is 6.08 Å². The van der Waals surface area contributed by atoms with E-state index < -0.39 is 15.1 Å². The van der Waals surface area contributed by atoms with E-state index in [0.29, 0.717) is 11.3 Å². The Hall–Kier alpha value is -1.09. The molecule has 0 spiro atoms. The average Bonchev–Trinajstić information content (AvgIpc) is 2.31. The molecule has 1 unspecified atom stereocenters. The van der Waals surface area contributed by atoms with Crippen LogP contribution in [0.2, 0.25) is 0 Å². The number of hydrogen-bond donors (Lipinski definition) is 0. The van der Waals surface area contributed by atoms with Crippen LogP contribution < -0.4 is 0 Å². The summed E-state index contributed by atoms with van der Waals surface area (Å²) in [7, 11) is -3.24. The van der Waals surface area contributed by atoms with Crippen molar-refractivity contribution < 1.29 is 8.42 Å². The van der Waals surface area contributed by atoms with Crippen LogP contribution >= 0.6 is 0 Å². The van der Waals surface area contributed by atoms with E-state index in [1.54, 1.807) is 24.3 Å². The maximum atomic E-state index is 12.2. The van der Waals surface area contributed by atoms with Gasteiger partial charge in [0.2, 0.25) is 0 Å². The van der Waals surface area contributed by atoms with E-state index in [-0.39, 0.29) is 0 Å². The second kappa shape index (κ2) is 5.85. The minimum atomic E-state index is -3.24. The molecule has 0 aliphatic heterocycles. The molecule has 0 N–H and O–H groups in total. The summed E-state index contributed by atoms with van der Waals surface area (Å²) >= 11 is 0. The normalized spacial score (nSPS) is 13.3. The summed E-state index contributed by atoms with van der Waals surface area (Å²) in [6.07, 6.45) is 4.09. The molecule has 1 atom stereocenters. The van der Waals surface area contributed by atoms with Crippen molar-refractivity contribution in [2.75, 3.05) is 0 Å². The average molecular weight is 238 g/mol. The molecule has 0 fully saturated rings. The first-order valence-electron chi connectivity index (χ1n) is 5.54. The monoisotopic (exact) mass is 238 g/mol. The van der Waals surface area contributed by atoms with Gasteiger partial charge in [0.05, 0.1) is 10.1 Å². The number of hydrogen-bond acceptors (Lipinski definition) is 2. The smallest absolute Gasteiger partial charge is 0.184 e. The SMILES string of the molecule is C=CC(CCCC)S(=O)(=O)c1ccccc1. The van der Waals surface area contributed by atoms with Gasteiger partial charge in [-0.05, 0) is 18.6 Å². The van der Waals surface area contributed by atoms with Crippen molar-refractivity contribution in [2.45, 2.75) is 36.3 Å². The third kappa shape index (κ3) is 2.95. The molecule has 0 radical (unpaired) electrons. The number of unbranched alkanes of at least 4 members (excludes halogenated alkanes) is 1. The fraction of sp³-hybridized carbons (Fsp3) is 0.385. The standard InChI is InChI=1S/C13H18O2S/c1-3-5-9-12(4-2)16(14,15)13-10-7-6-8-11-13/h4,6-8,10-12H,2-3,5,9H2,1H3. The molecule has 1 aromatic rings. The van der Waals surface area contributed by atoms with Crippen LogP contribution in [-0.4, -0.2) is 13.7 Å². The van der Waals surface area contributed by atoms with Crippen LogP contribution in [-0.2, 0) is 9.84 Å². The lowest BCUT2D eigenvalue weighted by Gasteiger charge is -2.13. The van der Waals surface area contributed by atoms with Crippen molar-refractivity contribution in [2.24, 2.45) is 0 Å². The lowest BCUT2D eigenvalue weighted by atomic mass is 10.2. The highest BCUT2D eigenvalue weighted by atomic mass is 32.2. The molecule has 0 saturated carbocycles. The predicted molar refractivity (Wildman–Crippen MR) is 67.1 cm³/mol. The zero-order valence-electron chi connectivity index (χ0n) is 9.59. The van der Waals surface area contributed by atoms with E-state index in [9.17, 15) is 8.42 Å². The molecule has 0 aliphatic carbocycles. The fourth-order valence-corrected chi connectivity index (χ4v) is 3.21. The molecule has 0 heterocycles. The Bertz CT molecular complexity index is 421. The highest BCUT2D eigenvalue weighted by Gasteiger charge is 2.23. The van der Waals surface area contributed by atoms with Gasteiger partial charge in [0.25, 0.3) is 0 Å². The Morgan fingerprint density at radius 3 is 2.44 bits per heavy atom. The van der Waals surface area contributed by atoms with Gasteiger partial charge >= 0.3 is 0 Å². The zero-order valence-corrected chi connectivity index (χ0v) is 10.4. The minimum Gasteiger partial charge on any atom is -0.223 e. The molecule has 1 aromatic carbocycles. The summed E-state index contributed by atoms with van der Waals surface area (Å²) < 4.78 is 24.4. The highest BCUT2D eigenvalue weighted by molar-refractivity contribution is 7.92. The quantitative estimate of drug-likeness (QED) is 0.713. The van der Waals surface area contributed by atoms with Crippen LogP contribution in [0.5, 0.6) is 0 Å². The van der Waals surface area contributed by atoms with E-state index in [4.69, 9.17) is 0 Å². The molecule has 3 heteroatoms. The molecule has 1 rings (SSSR count). The van der Waals surface area contributed by atoms with Gasteiger partial charge in [0.1, 0.15) is 0 Å². The summed E-state index contributed by atoms with van der Waals surface area (Å²) in [6.45, 7) is 5.68. The summed E-state index contributed by atoms with van der Waals surface area (Å²) in [5, 5.41) is -0.463. The lowest BCUT2D eigenvalue weighted by molar-refractivity contribution is 0.579. The lowest BCUT2D eigenvalue weighted by Crippen LogP contribution is -2.18. The van der Waals surface area contributed by atoms with Crippen molar-refractivity contribution in [1.82, 2.24) is 0 Å². The second-order valence-electron chi connectivity index (χ2n) is 3.77. The Kier molecular flexibility index (Phi) is 4.74. The van der Waals surface area contributed by atoms with Crippen LogP contribution in [0.25, 0.3) is 0 Å². The molecule has 2 nitrogen and oxygen atoms in total. The van der Waals surface area contributed by atoms with Gasteiger partial charge in [-0.25, -0.2) is 8.42 Å². The third-order valence-corrected chi connectivity index (χ3v) is 4.73. The molecule has 88 valence electrons. The molecule has 0 saturated heterocycles. The van der Waals surface area contributed by atoms with Crippen molar-refractivity contribution in [1.29, 1.82) is 0 Å². The first-order chi connectivity index (χ1) is 7.62. The van der Waals surface area contributed by atoms with Crippen LogP contribution in [0.4, 0.5) is 0 Å². The van der Waals surface area contributed by atoms with Crippen molar-refractivity contribution in [3.8, 4) is 0 Å². The Morgan fingerprint density at radius 1 is 1.31 bits per heavy atom. The van der Waals surface area contributed by atoms with Gasteiger partial charge in [-0.3, -0.25) is 0 Å². The Morgan fingerprint density at radius 2 is 1.94 bits per heavy atom. The zero-order chi connectivity index (χ0) is 12.0. The maximum Gasteiger partial charge on any atom is 0.184 e. The molecule has 16 heavy (non-hydrogen) atoms. The largest absolute Gasteiger partial charge is 0.223 e. The summed E-state index contributed by atoms with van der Waals surface area (Å²) in [6, 6.07) is 8.57. The van der Waals surface area contributed by atoms with E-state index in [1.807, 2.05) is 6.07 Å². The Labute approximate surface area is 97.9 Å². The summed E-state index contributed by atoms with van der Waals surface area (Å²) in [4.78, 5) is 0.385. The molecular formula is C13H18O2S. The van der Waals surface area contributed by atoms with Gasteiger partial charge in [-0.15, -0.1) is 6.58 Å². The number of benzene rings is 1. The summed E-state index contributed by atoms with van der Waals surface area (Å²) in [5.74, 6) is 0. The van der Waals surface area contributed by atoms with E-state index in [2.05, 4.69) is 13.5 Å². The Balaban J connectivity index is 2.96. The van der Waals surface area contributed by atoms with Gasteiger partial charge in [0, 0.05) is 0 Å². The predicted octanol–water partition coefficient (Wildman–Crippen LogP) is 3.21. The first kappa shape index (κ1) is 13.0. The van der Waals surface area contributed by atoms with Gasteiger partial charge in [-0.1, -0.05) is 44.0 Å². The third-order valence-electron chi connectivity index (χ3n) is 2.58. The fourth-order valence-electron chi connectivity index (χ4n) is 1.59. The van der Waals surface area contributed by atoms with Crippen LogP contribution in [0.3, 0.4) is 0 Å². The van der Waals surface area contributed by atoms with Crippen molar-refractivity contribution in [3.63, 3.8) is 0 Å². The minimum absolute atomic E-state index is 0.385. The molecular weight excluding hydrogens is 220 g/mol. The van der Waals surface area contributed by atoms with Gasteiger partial charge in [-0.2, -0.15) is 0 Å².